The van der Waals surface area contributed by atoms with Crippen molar-refractivity contribution in [3.63, 3.8) is 0 Å². The highest BCUT2D eigenvalue weighted by atomic mass is 16.5. The van der Waals surface area contributed by atoms with Crippen molar-refractivity contribution in [2.45, 2.75) is 109 Å². The second-order valence-electron chi connectivity index (χ2n) is 11.6. The van der Waals surface area contributed by atoms with Crippen LogP contribution in [0.1, 0.15) is 115 Å². The van der Waals surface area contributed by atoms with Crippen LogP contribution in [0.15, 0.2) is 35.9 Å². The quantitative estimate of drug-likeness (QED) is 0.169. The first kappa shape index (κ1) is 29.7. The Kier molecular flexibility index (Phi) is 12.5. The van der Waals surface area contributed by atoms with Gasteiger partial charge in [-0.2, -0.15) is 0 Å². The van der Waals surface area contributed by atoms with E-state index in [0.29, 0.717) is 24.9 Å². The molecule has 1 saturated heterocycles. The van der Waals surface area contributed by atoms with Crippen molar-refractivity contribution < 1.29 is 19.7 Å². The van der Waals surface area contributed by atoms with Gasteiger partial charge >= 0.3 is 0 Å². The number of allylic oxidation sites excluding steroid dienone is 1. The lowest BCUT2D eigenvalue weighted by atomic mass is 9.65. The van der Waals surface area contributed by atoms with Gasteiger partial charge in [-0.05, 0) is 56.2 Å². The number of aliphatic hydroxyl groups excluding tert-OH is 1. The molecule has 2 bridgehead atoms. The lowest BCUT2D eigenvalue weighted by Crippen LogP contribution is -2.43. The van der Waals surface area contributed by atoms with E-state index in [4.69, 9.17) is 4.74 Å². The van der Waals surface area contributed by atoms with E-state index in [1.165, 1.54) is 56.9 Å². The monoisotopic (exact) mass is 513 g/mol. The molecule has 1 fully saturated rings. The number of hydrogen-bond donors (Lipinski definition) is 2. The molecule has 3 atom stereocenters. The van der Waals surface area contributed by atoms with Crippen LogP contribution < -0.4 is 0 Å². The van der Waals surface area contributed by atoms with E-state index >= 15 is 0 Å². The van der Waals surface area contributed by atoms with Gasteiger partial charge in [0, 0.05) is 31.3 Å². The fourth-order valence-corrected chi connectivity index (χ4v) is 5.99. The van der Waals surface area contributed by atoms with Gasteiger partial charge < -0.3 is 19.8 Å². The largest absolute Gasteiger partial charge is 0.508 e. The third kappa shape index (κ3) is 9.14. The molecule has 0 saturated carbocycles. The van der Waals surface area contributed by atoms with E-state index in [2.05, 4.69) is 13.0 Å². The first-order chi connectivity index (χ1) is 18.0. The fraction of sp³-hybridized carbons (Fsp3) is 0.719. The molecule has 3 unspecified atom stereocenters. The Labute approximate surface area is 225 Å². The van der Waals surface area contributed by atoms with Crippen LogP contribution in [-0.4, -0.2) is 47.8 Å². The Bertz CT molecular complexity index is 836. The average molecular weight is 514 g/mol. The van der Waals surface area contributed by atoms with Gasteiger partial charge in [0.25, 0.3) is 0 Å². The second kappa shape index (κ2) is 15.5. The van der Waals surface area contributed by atoms with Gasteiger partial charge in [-0.3, -0.25) is 4.79 Å². The van der Waals surface area contributed by atoms with Crippen molar-refractivity contribution in [3.05, 3.63) is 41.5 Å². The van der Waals surface area contributed by atoms with Crippen molar-refractivity contribution in [3.8, 4) is 5.75 Å². The Morgan fingerprint density at radius 1 is 1.00 bits per heavy atom. The van der Waals surface area contributed by atoms with Crippen LogP contribution in [0.2, 0.25) is 0 Å². The summed E-state index contributed by atoms with van der Waals surface area (Å²) in [6.07, 6.45) is 19.4. The van der Waals surface area contributed by atoms with Crippen LogP contribution in [0.3, 0.4) is 0 Å². The number of fused-ring (bicyclic) bond motifs is 2. The van der Waals surface area contributed by atoms with E-state index in [-0.39, 0.29) is 23.9 Å². The zero-order chi connectivity index (χ0) is 26.5. The minimum absolute atomic E-state index is 0.0128. The molecule has 1 amide bonds. The van der Waals surface area contributed by atoms with E-state index < -0.39 is 0 Å². The number of carbonyl (C=O) groups excluding carboxylic acids is 1. The zero-order valence-electron chi connectivity index (χ0n) is 23.4. The minimum Gasteiger partial charge on any atom is -0.508 e. The normalized spacial score (nSPS) is 23.1. The standard InChI is InChI=1S/C32H51NO4/c1-3-4-22-33(2)30(36)15-13-11-9-7-5-6-8-10-12-14-26-20-21-32(24-34)23-29(26)31(37-25-32)27-16-18-28(35)19-17-27/h16-20,29,31,34-35H,3-15,21-25H2,1-2H3. The van der Waals surface area contributed by atoms with E-state index in [0.717, 1.165) is 50.6 Å². The lowest BCUT2D eigenvalue weighted by Gasteiger charge is -2.47. The summed E-state index contributed by atoms with van der Waals surface area (Å²) in [7, 11) is 1.93. The number of unbranched alkanes of at least 4 members (excludes halogenated alkanes) is 9. The summed E-state index contributed by atoms with van der Waals surface area (Å²) in [5, 5.41) is 19.7. The number of carbonyl (C=O) groups is 1. The van der Waals surface area contributed by atoms with Gasteiger partial charge in [-0.25, -0.2) is 0 Å². The number of aliphatic hydroxyl groups is 1. The Hall–Kier alpha value is -1.85. The molecular formula is C32H51NO4. The molecule has 1 heterocycles. The third-order valence-corrected chi connectivity index (χ3v) is 8.55. The minimum atomic E-state index is -0.125. The van der Waals surface area contributed by atoms with Gasteiger partial charge in [0.2, 0.25) is 5.91 Å². The smallest absolute Gasteiger partial charge is 0.222 e. The number of phenolic OH excluding ortho intramolecular Hbond substituents is 1. The number of amides is 1. The highest BCUT2D eigenvalue weighted by Gasteiger charge is 2.45. The second-order valence-corrected chi connectivity index (χ2v) is 11.6. The van der Waals surface area contributed by atoms with Crippen LogP contribution in [0, 0.1) is 11.3 Å². The summed E-state index contributed by atoms with van der Waals surface area (Å²) in [6.45, 7) is 3.84. The molecule has 5 nitrogen and oxygen atoms in total. The van der Waals surface area contributed by atoms with Crippen LogP contribution in [0.4, 0.5) is 0 Å². The topological polar surface area (TPSA) is 70.0 Å². The molecule has 0 radical (unpaired) electrons. The van der Waals surface area contributed by atoms with Crippen LogP contribution in [0.25, 0.3) is 0 Å². The Balaban J connectivity index is 1.29. The maximum atomic E-state index is 12.1. The maximum absolute atomic E-state index is 12.1. The third-order valence-electron chi connectivity index (χ3n) is 8.55. The van der Waals surface area contributed by atoms with Crippen LogP contribution >= 0.6 is 0 Å². The summed E-state index contributed by atoms with van der Waals surface area (Å²) in [5.74, 6) is 0.902. The highest BCUT2D eigenvalue weighted by molar-refractivity contribution is 5.75. The van der Waals surface area contributed by atoms with E-state index in [9.17, 15) is 15.0 Å². The summed E-state index contributed by atoms with van der Waals surface area (Å²) < 4.78 is 6.33. The Morgan fingerprint density at radius 3 is 2.30 bits per heavy atom. The van der Waals surface area contributed by atoms with Crippen molar-refractivity contribution in [1.82, 2.24) is 4.90 Å². The predicted molar refractivity (Wildman–Crippen MR) is 150 cm³/mol. The highest BCUT2D eigenvalue weighted by Crippen LogP contribution is 2.51. The number of rotatable bonds is 17. The Morgan fingerprint density at radius 2 is 1.65 bits per heavy atom. The van der Waals surface area contributed by atoms with Gasteiger partial charge in [-0.1, -0.05) is 82.1 Å². The van der Waals surface area contributed by atoms with Crippen molar-refractivity contribution in [2.75, 3.05) is 26.8 Å². The van der Waals surface area contributed by atoms with Gasteiger partial charge in [-0.15, -0.1) is 0 Å². The number of benzene rings is 1. The lowest BCUT2D eigenvalue weighted by molar-refractivity contribution is -0.130. The molecule has 208 valence electrons. The first-order valence-corrected chi connectivity index (χ1v) is 14.9. The van der Waals surface area contributed by atoms with Crippen molar-refractivity contribution >= 4 is 5.91 Å². The molecule has 2 N–H and O–H groups in total. The molecule has 2 aliphatic rings. The molecular weight excluding hydrogens is 462 g/mol. The molecule has 0 spiro atoms. The number of hydrogen-bond acceptors (Lipinski definition) is 4. The van der Waals surface area contributed by atoms with Crippen molar-refractivity contribution in [2.24, 2.45) is 11.3 Å². The molecule has 1 aliphatic carbocycles. The van der Waals surface area contributed by atoms with Crippen LogP contribution in [-0.2, 0) is 9.53 Å². The average Bonchev–Trinajstić information content (AvgIpc) is 2.92. The van der Waals surface area contributed by atoms with Gasteiger partial charge in [0.05, 0.1) is 19.3 Å². The summed E-state index contributed by atoms with van der Waals surface area (Å²) >= 11 is 0. The fourth-order valence-electron chi connectivity index (χ4n) is 5.99. The molecule has 1 aromatic rings. The molecule has 37 heavy (non-hydrogen) atoms. The maximum Gasteiger partial charge on any atom is 0.222 e. The predicted octanol–water partition coefficient (Wildman–Crippen LogP) is 7.33. The molecule has 0 aromatic heterocycles. The van der Waals surface area contributed by atoms with Gasteiger partial charge in [0.1, 0.15) is 5.75 Å². The van der Waals surface area contributed by atoms with Gasteiger partial charge in [0.15, 0.2) is 0 Å². The molecule has 3 rings (SSSR count). The number of ether oxygens (including phenoxy) is 1. The summed E-state index contributed by atoms with van der Waals surface area (Å²) in [5.41, 5.74) is 2.49. The van der Waals surface area contributed by atoms with Crippen molar-refractivity contribution in [1.29, 1.82) is 0 Å². The SMILES string of the molecule is CCCCN(C)C(=O)CCCCCCCCCCCC1=CCC2(CO)COC(c3ccc(O)cc3)C1C2. The summed E-state index contributed by atoms with van der Waals surface area (Å²) in [4.78, 5) is 14.0. The van der Waals surface area contributed by atoms with E-state index in [1.807, 2.05) is 24.1 Å². The molecule has 1 aliphatic heterocycles. The number of phenols is 1. The van der Waals surface area contributed by atoms with Crippen LogP contribution in [0.5, 0.6) is 5.75 Å². The molecule has 1 aromatic carbocycles. The molecule has 5 heteroatoms. The number of nitrogens with zero attached hydrogens (tertiary/aromatic N) is 1. The zero-order valence-corrected chi connectivity index (χ0v) is 23.4. The summed E-state index contributed by atoms with van der Waals surface area (Å²) in [6, 6.07) is 7.43. The van der Waals surface area contributed by atoms with E-state index in [1.54, 1.807) is 12.1 Å². The first-order valence-electron chi connectivity index (χ1n) is 14.9. The number of aromatic hydroxyl groups is 1.